The van der Waals surface area contributed by atoms with Crippen LogP contribution in [0.2, 0.25) is 0 Å². The van der Waals surface area contributed by atoms with Crippen molar-refractivity contribution in [2.75, 3.05) is 0 Å². The van der Waals surface area contributed by atoms with Gasteiger partial charge in [-0.3, -0.25) is 0 Å². The van der Waals surface area contributed by atoms with E-state index in [0.29, 0.717) is 0 Å². The van der Waals surface area contributed by atoms with Crippen LogP contribution in [0.25, 0.3) is 0 Å². The molecule has 0 aromatic heterocycles. The third-order valence-electron chi connectivity index (χ3n) is 3.85. The van der Waals surface area contributed by atoms with E-state index in [9.17, 15) is 0 Å². The Hall–Kier alpha value is -1.81. The predicted molar refractivity (Wildman–Crippen MR) is 90.7 cm³/mol. The largest absolute Gasteiger partial charge is 0 e. The van der Waals surface area contributed by atoms with Crippen LogP contribution in [-0.2, 0) is 36.7 Å². The van der Waals surface area contributed by atoms with Gasteiger partial charge in [0, 0.05) is 22.8 Å². The normalized spacial score (nSPS) is 8.48. The second-order valence-corrected chi connectivity index (χ2v) is 5.17. The van der Waals surface area contributed by atoms with Gasteiger partial charge in [-0.1, -0.05) is 87.4 Å². The maximum atomic E-state index is 7.50. The van der Waals surface area contributed by atoms with E-state index in [1.54, 1.807) is 0 Å². The maximum absolute atomic E-state index is 7.50. The van der Waals surface area contributed by atoms with E-state index < -0.39 is 0 Å². The Balaban J connectivity index is -0.000000626. The maximum Gasteiger partial charge on any atom is 0 e. The average molecular weight is 374 g/mol. The molecule has 130 valence electrons. The van der Waals surface area contributed by atoms with E-state index in [-0.39, 0.29) is 22.8 Å². The minimum absolute atomic E-state index is 0. The fraction of sp³-hybridized carbons (Fsp3) is 0.286. The molecule has 0 fully saturated rings. The summed E-state index contributed by atoms with van der Waals surface area (Å²) in [6, 6.07) is 21.8. The number of rotatable bonds is 5. The van der Waals surface area contributed by atoms with Gasteiger partial charge in [0.1, 0.15) is 0 Å². The Bertz CT molecular complexity index is 535. The Morgan fingerprint density at radius 3 is 1.32 bits per heavy atom. The van der Waals surface area contributed by atoms with Crippen molar-refractivity contribution in [1.29, 1.82) is 0 Å². The van der Waals surface area contributed by atoms with Gasteiger partial charge in [0.05, 0.1) is 0 Å². The molecular weight excluding hydrogens is 352 g/mol. The monoisotopic (exact) mass is 374 g/mol. The first-order chi connectivity index (χ1) is 11.8. The summed E-state index contributed by atoms with van der Waals surface area (Å²) in [4.78, 5) is 0. The molecule has 0 aliphatic carbocycles. The van der Waals surface area contributed by atoms with Gasteiger partial charge >= 0.3 is 33.9 Å². The molecule has 2 aromatic rings. The van der Waals surface area contributed by atoms with E-state index in [0.717, 1.165) is 0 Å². The molecule has 0 amide bonds. The zero-order valence-corrected chi connectivity index (χ0v) is 15.8. The fourth-order valence-corrected chi connectivity index (χ4v) is 2.60. The molecule has 0 atom stereocenters. The summed E-state index contributed by atoms with van der Waals surface area (Å²) in [5.41, 5.74) is 2.98. The molecule has 0 saturated carbocycles. The number of unbranched alkanes of at least 4 members (excludes halogenated alkanes) is 1. The van der Waals surface area contributed by atoms with Crippen molar-refractivity contribution in [3.05, 3.63) is 91.7 Å². The van der Waals surface area contributed by atoms with Gasteiger partial charge in [0.2, 0.25) is 0 Å². The second-order valence-electron chi connectivity index (χ2n) is 5.17. The van der Waals surface area contributed by atoms with Crippen molar-refractivity contribution >= 4 is 0 Å². The van der Waals surface area contributed by atoms with Crippen LogP contribution < -0.4 is 0 Å². The van der Waals surface area contributed by atoms with Gasteiger partial charge in [-0.05, 0) is 17.5 Å². The summed E-state index contributed by atoms with van der Waals surface area (Å²) < 4.78 is 22.5. The fourth-order valence-electron chi connectivity index (χ4n) is 2.60. The van der Waals surface area contributed by atoms with E-state index in [1.807, 2.05) is 0 Å². The third-order valence-corrected chi connectivity index (χ3v) is 3.85. The van der Waals surface area contributed by atoms with Crippen molar-refractivity contribution < 1.29 is 31.3 Å². The molecule has 0 radical (unpaired) electrons. The van der Waals surface area contributed by atoms with Gasteiger partial charge in [0.25, 0.3) is 0 Å². The van der Waals surface area contributed by atoms with Gasteiger partial charge in [-0.15, -0.1) is 0 Å². The topological polar surface area (TPSA) is 59.7 Å². The van der Waals surface area contributed by atoms with Gasteiger partial charge in [0.15, 0.2) is 0 Å². The van der Waals surface area contributed by atoms with Gasteiger partial charge in [-0.25, -0.2) is 0 Å². The Labute approximate surface area is 161 Å². The molecule has 4 heteroatoms. The molecule has 0 heterocycles. The summed E-state index contributed by atoms with van der Waals surface area (Å²) in [6.45, 7) is 18.1. The Morgan fingerprint density at radius 2 is 1.04 bits per heavy atom. The molecule has 0 spiro atoms. The molecule has 0 aliphatic heterocycles. The standard InChI is InChI=1S/C18H22.3CO.Cr/c1-3-4-15-18(2,16-11-7-5-8-12-16)17-13-9-6-10-14-17;3*1-2;/h5-14H,3-4,15H2,1-2H3;;;;. The van der Waals surface area contributed by atoms with Gasteiger partial charge in [-0.2, -0.15) is 0 Å². The number of hydrogen-bond donors (Lipinski definition) is 0. The Morgan fingerprint density at radius 1 is 0.720 bits per heavy atom. The van der Waals surface area contributed by atoms with E-state index in [2.05, 4.69) is 94.5 Å². The molecule has 0 aliphatic rings. The first-order valence-electron chi connectivity index (χ1n) is 7.49. The summed E-state index contributed by atoms with van der Waals surface area (Å²) >= 11 is 0. The van der Waals surface area contributed by atoms with E-state index in [1.165, 1.54) is 30.4 Å². The molecule has 3 nitrogen and oxygen atoms in total. The number of benzene rings is 2. The summed E-state index contributed by atoms with van der Waals surface area (Å²) in [5.74, 6) is 0. The summed E-state index contributed by atoms with van der Waals surface area (Å²) in [5, 5.41) is 0. The van der Waals surface area contributed by atoms with Gasteiger partial charge < -0.3 is 0 Å². The quantitative estimate of drug-likeness (QED) is 0.518. The molecule has 25 heavy (non-hydrogen) atoms. The van der Waals surface area contributed by atoms with Crippen molar-refractivity contribution in [3.63, 3.8) is 0 Å². The van der Waals surface area contributed by atoms with Crippen LogP contribution >= 0.6 is 0 Å². The van der Waals surface area contributed by atoms with Crippen LogP contribution in [0.3, 0.4) is 0 Å². The minimum atomic E-state index is 0. The van der Waals surface area contributed by atoms with Crippen LogP contribution in [0.15, 0.2) is 60.7 Å². The first kappa shape index (κ1) is 28.0. The van der Waals surface area contributed by atoms with Crippen LogP contribution in [0, 0.1) is 20.0 Å². The van der Waals surface area contributed by atoms with Crippen molar-refractivity contribution in [1.82, 2.24) is 0 Å². The van der Waals surface area contributed by atoms with Crippen molar-refractivity contribution in [3.8, 4) is 0 Å². The second kappa shape index (κ2) is 18.5. The van der Waals surface area contributed by atoms with Crippen molar-refractivity contribution in [2.24, 2.45) is 0 Å². The van der Waals surface area contributed by atoms with Crippen LogP contribution in [-0.4, -0.2) is 0 Å². The average Bonchev–Trinajstić information content (AvgIpc) is 2.72. The smallest absolute Gasteiger partial charge is 0 e. The van der Waals surface area contributed by atoms with E-state index in [4.69, 9.17) is 14.0 Å². The van der Waals surface area contributed by atoms with Crippen LogP contribution in [0.1, 0.15) is 44.2 Å². The third kappa shape index (κ3) is 9.30. The zero-order valence-electron chi connectivity index (χ0n) is 14.5. The summed E-state index contributed by atoms with van der Waals surface area (Å²) in [6.07, 6.45) is 3.72. The first-order valence-corrected chi connectivity index (χ1v) is 7.49. The molecule has 2 aromatic carbocycles. The Kier molecular flexibility index (Phi) is 20.8. The number of hydrogen-bond acceptors (Lipinski definition) is 0. The molecule has 0 N–H and O–H groups in total. The predicted octanol–water partition coefficient (Wildman–Crippen LogP) is 5.07. The molecule has 0 saturated heterocycles. The van der Waals surface area contributed by atoms with Crippen molar-refractivity contribution in [2.45, 2.75) is 38.5 Å². The molecule has 0 unspecified atom stereocenters. The minimum Gasteiger partial charge on any atom is 0 e. The van der Waals surface area contributed by atoms with E-state index >= 15 is 0 Å². The molecule has 0 bridgehead atoms. The SMILES string of the molecule is CCCCC(C)(c1ccccc1)c1ccccc1.[C-]#[O+].[C-]#[O+].[C-]#[O+].[Cr]. The molecular formula is C21H22CrO3. The van der Waals surface area contributed by atoms with Crippen LogP contribution in [0.5, 0.6) is 0 Å². The zero-order chi connectivity index (χ0) is 18.8. The summed E-state index contributed by atoms with van der Waals surface area (Å²) in [7, 11) is 0. The van der Waals surface area contributed by atoms with Crippen LogP contribution in [0.4, 0.5) is 0 Å². The molecule has 2 rings (SSSR count).